The number of thiazole rings is 1. The average molecular weight is 559 g/mol. The number of nitrogens with zero attached hydrogens (tertiary/aromatic N) is 6. The summed E-state index contributed by atoms with van der Waals surface area (Å²) in [5.74, 6) is 0.388. The number of sulfonamides is 1. The number of hydrogen-bond donors (Lipinski definition) is 2. The maximum absolute atomic E-state index is 13.2. The quantitative estimate of drug-likeness (QED) is 0.336. The fourth-order valence-corrected chi connectivity index (χ4v) is 7.52. The highest BCUT2D eigenvalue weighted by atomic mass is 32.2. The number of amides is 1. The summed E-state index contributed by atoms with van der Waals surface area (Å²) in [5, 5.41) is 11.4. The Hall–Kier alpha value is -3.29. The van der Waals surface area contributed by atoms with Crippen LogP contribution in [0.15, 0.2) is 37.1 Å². The van der Waals surface area contributed by atoms with Crippen LogP contribution in [-0.4, -0.2) is 68.5 Å². The fourth-order valence-electron chi connectivity index (χ4n) is 5.44. The van der Waals surface area contributed by atoms with Crippen LogP contribution in [0.4, 0.5) is 11.4 Å². The molecule has 204 valence electrons. The SMILES string of the molecule is Cc1ncc(NS(=O)(=O)CCN2CC3CCC2CC3)cc1NC(=O)c1cnn2cc(-c3cnn(C)c3)sc12.[HH].[HH]. The summed E-state index contributed by atoms with van der Waals surface area (Å²) in [6.07, 6.45) is 13.4. The maximum atomic E-state index is 13.2. The zero-order chi connectivity index (χ0) is 26.4. The molecule has 2 bridgehead atoms. The minimum absolute atomic E-state index is 0. The minimum atomic E-state index is -3.57. The molecule has 0 aromatic carbocycles. The first kappa shape index (κ1) is 25.0. The van der Waals surface area contributed by atoms with E-state index < -0.39 is 10.0 Å². The van der Waals surface area contributed by atoms with Gasteiger partial charge in [0.25, 0.3) is 5.91 Å². The molecular weight excluding hydrogens is 524 g/mol. The van der Waals surface area contributed by atoms with E-state index in [9.17, 15) is 13.2 Å². The fraction of sp³-hybridized carbons (Fsp3) is 0.440. The number of fused-ring (bicyclic) bond motifs is 4. The number of pyridine rings is 1. The van der Waals surface area contributed by atoms with Gasteiger partial charge in [0.2, 0.25) is 10.0 Å². The van der Waals surface area contributed by atoms with Crippen LogP contribution in [0.2, 0.25) is 0 Å². The van der Waals surface area contributed by atoms with E-state index in [2.05, 4.69) is 30.1 Å². The van der Waals surface area contributed by atoms with Crippen LogP contribution in [0.5, 0.6) is 0 Å². The van der Waals surface area contributed by atoms with Crippen molar-refractivity contribution in [2.24, 2.45) is 13.0 Å². The number of aromatic nitrogens is 5. The molecule has 0 atom stereocenters. The molecule has 1 saturated carbocycles. The van der Waals surface area contributed by atoms with Gasteiger partial charge in [-0.1, -0.05) is 0 Å². The third-order valence-corrected chi connectivity index (χ3v) is 9.94. The van der Waals surface area contributed by atoms with E-state index in [1.807, 2.05) is 19.4 Å². The van der Waals surface area contributed by atoms with E-state index >= 15 is 0 Å². The van der Waals surface area contributed by atoms with Crippen molar-refractivity contribution in [2.75, 3.05) is 28.9 Å². The first-order chi connectivity index (χ1) is 18.2. The third kappa shape index (κ3) is 5.05. The normalized spacial score (nSPS) is 19.7. The molecule has 0 spiro atoms. The molecule has 38 heavy (non-hydrogen) atoms. The second-order valence-electron chi connectivity index (χ2n) is 10.2. The van der Waals surface area contributed by atoms with E-state index in [-0.39, 0.29) is 14.5 Å². The van der Waals surface area contributed by atoms with Crippen LogP contribution in [0.1, 0.15) is 44.6 Å². The van der Waals surface area contributed by atoms with E-state index in [1.165, 1.54) is 49.4 Å². The molecule has 6 heterocycles. The molecule has 13 heteroatoms. The summed E-state index contributed by atoms with van der Waals surface area (Å²) < 4.78 is 31.7. The Balaban J connectivity index is 0.00000185. The van der Waals surface area contributed by atoms with Crippen molar-refractivity contribution < 1.29 is 16.1 Å². The highest BCUT2D eigenvalue weighted by Crippen LogP contribution is 2.35. The lowest BCUT2D eigenvalue weighted by molar-refractivity contribution is 0.0545. The Morgan fingerprint density at radius 3 is 2.68 bits per heavy atom. The van der Waals surface area contributed by atoms with Crippen molar-refractivity contribution in [1.29, 1.82) is 0 Å². The van der Waals surface area contributed by atoms with Gasteiger partial charge < -0.3 is 5.32 Å². The van der Waals surface area contributed by atoms with Crippen LogP contribution < -0.4 is 10.0 Å². The van der Waals surface area contributed by atoms with E-state index in [4.69, 9.17) is 0 Å². The molecule has 2 N–H and O–H groups in total. The van der Waals surface area contributed by atoms with Crippen molar-refractivity contribution in [3.8, 4) is 10.4 Å². The molecule has 2 aliphatic heterocycles. The zero-order valence-corrected chi connectivity index (χ0v) is 22.9. The van der Waals surface area contributed by atoms with Gasteiger partial charge in [0.05, 0.1) is 51.9 Å². The monoisotopic (exact) mass is 558 g/mol. The highest BCUT2D eigenvalue weighted by molar-refractivity contribution is 7.92. The topological polar surface area (TPSA) is 127 Å². The molecule has 4 aromatic rings. The van der Waals surface area contributed by atoms with Crippen LogP contribution in [0.3, 0.4) is 0 Å². The zero-order valence-electron chi connectivity index (χ0n) is 21.3. The van der Waals surface area contributed by atoms with Crippen molar-refractivity contribution in [2.45, 2.75) is 38.6 Å². The summed E-state index contributed by atoms with van der Waals surface area (Å²) in [5.41, 5.74) is 2.71. The largest absolute Gasteiger partial charge is 0.320 e. The lowest BCUT2D eigenvalue weighted by Crippen LogP contribution is -2.49. The molecule has 1 amide bonds. The van der Waals surface area contributed by atoms with Crippen molar-refractivity contribution in [3.63, 3.8) is 0 Å². The molecule has 4 aromatic heterocycles. The van der Waals surface area contributed by atoms with Gasteiger partial charge in [0.15, 0.2) is 0 Å². The van der Waals surface area contributed by atoms with Gasteiger partial charge in [-0.15, -0.1) is 11.3 Å². The predicted octanol–water partition coefficient (Wildman–Crippen LogP) is 3.86. The molecule has 1 aliphatic carbocycles. The van der Waals surface area contributed by atoms with Gasteiger partial charge in [-0.05, 0) is 44.6 Å². The molecule has 0 unspecified atom stereocenters. The summed E-state index contributed by atoms with van der Waals surface area (Å²) in [6, 6.07) is 2.12. The smallest absolute Gasteiger partial charge is 0.260 e. The number of rotatable bonds is 8. The van der Waals surface area contributed by atoms with Crippen molar-refractivity contribution in [3.05, 3.63) is 48.3 Å². The van der Waals surface area contributed by atoms with E-state index in [0.29, 0.717) is 46.0 Å². The first-order valence-electron chi connectivity index (χ1n) is 12.7. The minimum Gasteiger partial charge on any atom is -0.320 e. The second kappa shape index (κ2) is 9.79. The lowest BCUT2D eigenvalue weighted by Gasteiger charge is -2.45. The van der Waals surface area contributed by atoms with Crippen molar-refractivity contribution >= 4 is 43.5 Å². The van der Waals surface area contributed by atoms with Gasteiger partial charge in [-0.2, -0.15) is 10.2 Å². The number of hydrogen-bond acceptors (Lipinski definition) is 8. The average Bonchev–Trinajstić information content (AvgIpc) is 3.61. The summed E-state index contributed by atoms with van der Waals surface area (Å²) in [7, 11) is -1.71. The number of carbonyl (C=O) groups excluding carboxylic acids is 1. The lowest BCUT2D eigenvalue weighted by atomic mass is 9.80. The molecule has 0 radical (unpaired) electrons. The third-order valence-electron chi connectivity index (χ3n) is 7.51. The van der Waals surface area contributed by atoms with Gasteiger partial charge >= 0.3 is 0 Å². The Morgan fingerprint density at radius 2 is 1.97 bits per heavy atom. The van der Waals surface area contributed by atoms with Crippen LogP contribution in [-0.2, 0) is 17.1 Å². The molecule has 2 saturated heterocycles. The Labute approximate surface area is 227 Å². The number of piperidine rings is 2. The van der Waals surface area contributed by atoms with Gasteiger partial charge in [-0.3, -0.25) is 24.1 Å². The summed E-state index contributed by atoms with van der Waals surface area (Å²) in [4.78, 5) is 21.5. The highest BCUT2D eigenvalue weighted by Gasteiger charge is 2.34. The van der Waals surface area contributed by atoms with Gasteiger partial charge in [-0.25, -0.2) is 12.9 Å². The molecule has 11 nitrogen and oxygen atoms in total. The van der Waals surface area contributed by atoms with Crippen LogP contribution in [0, 0.1) is 12.8 Å². The van der Waals surface area contributed by atoms with E-state index in [0.717, 1.165) is 17.0 Å². The Bertz CT molecular complexity index is 1610. The number of anilines is 2. The number of carbonyl (C=O) groups is 1. The number of aryl methyl sites for hydroxylation is 2. The van der Waals surface area contributed by atoms with Crippen LogP contribution in [0.25, 0.3) is 15.3 Å². The predicted molar refractivity (Wildman–Crippen MR) is 151 cm³/mol. The molecular formula is C25H34N8O3S2. The Kier molecular flexibility index (Phi) is 6.44. The maximum Gasteiger partial charge on any atom is 0.260 e. The van der Waals surface area contributed by atoms with E-state index in [1.54, 1.807) is 28.4 Å². The molecule has 3 fully saturated rings. The van der Waals surface area contributed by atoms with Gasteiger partial charge in [0, 0.05) is 47.0 Å². The second-order valence-corrected chi connectivity index (χ2v) is 13.1. The summed E-state index contributed by atoms with van der Waals surface area (Å²) >= 11 is 1.45. The molecule has 7 rings (SSSR count). The first-order valence-corrected chi connectivity index (χ1v) is 15.2. The van der Waals surface area contributed by atoms with Crippen LogP contribution >= 0.6 is 11.3 Å². The van der Waals surface area contributed by atoms with Gasteiger partial charge in [0.1, 0.15) is 4.83 Å². The van der Waals surface area contributed by atoms with Crippen molar-refractivity contribution in [1.82, 2.24) is 29.3 Å². The molecule has 3 aliphatic rings. The summed E-state index contributed by atoms with van der Waals surface area (Å²) in [6.45, 7) is 3.29. The number of nitrogens with one attached hydrogen (secondary N) is 2. The standard InChI is InChI=1S/C25H30N8O3S2.2H2/c1-16-22(29-24(34)21-12-28-33-15-23(37-25(21)33)18-10-27-31(2)14-18)9-19(11-26-16)30-38(35,36)8-7-32-13-17-3-5-20(32)6-4-17;;/h9-12,14-15,17,20,30H,3-8,13H2,1-2H3,(H,29,34);2*1H. The Morgan fingerprint density at radius 1 is 1.16 bits per heavy atom.